The first-order valence-corrected chi connectivity index (χ1v) is 14.4. The van der Waals surface area contributed by atoms with Crippen LogP contribution in [0.1, 0.15) is 52.8 Å². The van der Waals surface area contributed by atoms with Gasteiger partial charge in [-0.15, -0.1) is 0 Å². The lowest BCUT2D eigenvalue weighted by atomic mass is 9.92. The molecule has 2 aromatic carbocycles. The van der Waals surface area contributed by atoms with E-state index in [-0.39, 0.29) is 12.0 Å². The lowest BCUT2D eigenvalue weighted by Crippen LogP contribution is -2.42. The lowest BCUT2D eigenvalue weighted by molar-refractivity contribution is 0.0565. The van der Waals surface area contributed by atoms with E-state index in [9.17, 15) is 14.9 Å². The van der Waals surface area contributed by atoms with Crippen LogP contribution in [0.4, 0.5) is 26.9 Å². The van der Waals surface area contributed by atoms with Crippen molar-refractivity contribution in [3.05, 3.63) is 78.1 Å². The minimum atomic E-state index is -0.656. The van der Waals surface area contributed by atoms with Gasteiger partial charge in [0.1, 0.15) is 23.8 Å². The summed E-state index contributed by atoms with van der Waals surface area (Å²) in [6.07, 6.45) is 1.02. The Morgan fingerprint density at radius 2 is 1.76 bits per heavy atom. The second-order valence-corrected chi connectivity index (χ2v) is 12.4. The molecule has 0 saturated carbocycles. The highest BCUT2D eigenvalue weighted by molar-refractivity contribution is 5.99. The van der Waals surface area contributed by atoms with Crippen LogP contribution in [0.25, 0.3) is 5.69 Å². The fourth-order valence-electron chi connectivity index (χ4n) is 4.42. The van der Waals surface area contributed by atoms with E-state index in [1.165, 1.54) is 11.1 Å². The molecule has 4 aromatic rings. The molecule has 0 radical (unpaired) electrons. The first-order valence-electron chi connectivity index (χ1n) is 14.4. The summed E-state index contributed by atoms with van der Waals surface area (Å²) in [5, 5.41) is 19.7. The molecule has 0 spiro atoms. The highest BCUT2D eigenvalue weighted by Crippen LogP contribution is 2.41. The first-order chi connectivity index (χ1) is 21.3. The number of aromatic nitrogens is 3. The van der Waals surface area contributed by atoms with Gasteiger partial charge in [-0.25, -0.2) is 19.3 Å². The van der Waals surface area contributed by atoms with Crippen LogP contribution >= 0.6 is 0 Å². The van der Waals surface area contributed by atoms with Crippen LogP contribution in [0.15, 0.2) is 66.9 Å². The zero-order valence-electron chi connectivity index (χ0n) is 26.0. The summed E-state index contributed by atoms with van der Waals surface area (Å²) in [6.45, 7) is 12.1. The third-order valence-corrected chi connectivity index (χ3v) is 6.56. The molecule has 2 aromatic heterocycles. The van der Waals surface area contributed by atoms with Gasteiger partial charge in [0.05, 0.1) is 29.6 Å². The van der Waals surface area contributed by atoms with Crippen LogP contribution in [-0.2, 0) is 10.2 Å². The fraction of sp³-hybridized carbons (Fsp3) is 0.303. The molecular formula is C33H35N7O5. The van der Waals surface area contributed by atoms with Crippen LogP contribution in [0.3, 0.4) is 0 Å². The second kappa shape index (κ2) is 12.2. The molecular weight excluding hydrogens is 574 g/mol. The van der Waals surface area contributed by atoms with Crippen molar-refractivity contribution in [3.63, 3.8) is 0 Å². The van der Waals surface area contributed by atoms with Gasteiger partial charge in [0.2, 0.25) is 5.75 Å². The van der Waals surface area contributed by atoms with Gasteiger partial charge in [0.15, 0.2) is 11.6 Å². The van der Waals surface area contributed by atoms with Crippen molar-refractivity contribution in [2.24, 2.45) is 0 Å². The molecule has 2 N–H and O–H groups in total. The van der Waals surface area contributed by atoms with Crippen LogP contribution in [0, 0.1) is 11.3 Å². The molecule has 12 nitrogen and oxygen atoms in total. The Labute approximate surface area is 261 Å². The smallest absolute Gasteiger partial charge is 0.416 e. The number of urea groups is 1. The molecule has 0 bridgehead atoms. The topological polar surface area (TPSA) is 144 Å². The average Bonchev–Trinajstić information content (AvgIpc) is 3.41. The van der Waals surface area contributed by atoms with Crippen molar-refractivity contribution < 1.29 is 23.8 Å². The number of benzene rings is 2. The molecule has 3 amide bonds. The van der Waals surface area contributed by atoms with Gasteiger partial charge < -0.3 is 19.5 Å². The molecule has 232 valence electrons. The number of fused-ring (bicyclic) bond motifs is 1. The summed E-state index contributed by atoms with van der Waals surface area (Å²) < 4.78 is 19.0. The number of anilines is 3. The van der Waals surface area contributed by atoms with E-state index in [2.05, 4.69) is 21.7 Å². The van der Waals surface area contributed by atoms with Gasteiger partial charge in [-0.2, -0.15) is 10.4 Å². The number of amides is 3. The van der Waals surface area contributed by atoms with E-state index in [0.29, 0.717) is 52.4 Å². The van der Waals surface area contributed by atoms with Crippen molar-refractivity contribution in [3.8, 4) is 29.0 Å². The van der Waals surface area contributed by atoms with Crippen molar-refractivity contribution in [1.29, 1.82) is 5.26 Å². The zero-order valence-corrected chi connectivity index (χ0v) is 26.0. The highest BCUT2D eigenvalue weighted by atomic mass is 16.6. The third-order valence-electron chi connectivity index (χ3n) is 6.56. The molecule has 5 rings (SSSR count). The quantitative estimate of drug-likeness (QED) is 0.246. The number of nitrogens with one attached hydrogen (secondary N) is 2. The number of rotatable bonds is 5. The molecule has 45 heavy (non-hydrogen) atoms. The SMILES string of the molecule is CC(C)(C)OC(=O)N1CCOc2c(Oc3ccc(NC(=O)Nc4cc(C(C)(C)C)nn4-c4cccc(C#N)c4)cc3)ccnc21. The molecule has 12 heteroatoms. The normalized spacial score (nSPS) is 12.8. The van der Waals surface area contributed by atoms with Crippen LogP contribution in [0.2, 0.25) is 0 Å². The summed E-state index contributed by atoms with van der Waals surface area (Å²) >= 11 is 0. The van der Waals surface area contributed by atoms with Crippen LogP contribution < -0.4 is 25.0 Å². The van der Waals surface area contributed by atoms with Crippen LogP contribution in [-0.4, -0.2) is 45.6 Å². The Balaban J connectivity index is 1.29. The number of carbonyl (C=O) groups excluding carboxylic acids is 2. The highest BCUT2D eigenvalue weighted by Gasteiger charge is 2.31. The van der Waals surface area contributed by atoms with Crippen molar-refractivity contribution in [2.45, 2.75) is 52.6 Å². The summed E-state index contributed by atoms with van der Waals surface area (Å²) in [7, 11) is 0. The Kier molecular flexibility index (Phi) is 8.37. The van der Waals surface area contributed by atoms with Gasteiger partial charge >= 0.3 is 12.1 Å². The largest absolute Gasteiger partial charge is 0.484 e. The van der Waals surface area contributed by atoms with E-state index >= 15 is 0 Å². The number of hydrogen-bond acceptors (Lipinski definition) is 8. The minimum Gasteiger partial charge on any atom is -0.484 e. The number of carbonyl (C=O) groups is 2. The number of pyridine rings is 1. The number of hydrogen-bond donors (Lipinski definition) is 2. The predicted molar refractivity (Wildman–Crippen MR) is 169 cm³/mol. The van der Waals surface area contributed by atoms with Gasteiger partial charge in [0.25, 0.3) is 0 Å². The third kappa shape index (κ3) is 7.33. The summed E-state index contributed by atoms with van der Waals surface area (Å²) in [5.74, 6) is 1.97. The maximum Gasteiger partial charge on any atom is 0.416 e. The Morgan fingerprint density at radius 1 is 1.00 bits per heavy atom. The second-order valence-electron chi connectivity index (χ2n) is 12.4. The maximum atomic E-state index is 13.0. The number of ether oxygens (including phenoxy) is 3. The molecule has 0 saturated heterocycles. The van der Waals surface area contributed by atoms with Gasteiger partial charge in [-0.05, 0) is 63.2 Å². The standard InChI is InChI=1S/C33H35N7O5/c1-32(2,3)26-19-27(40(38-26)23-9-7-8-21(18-23)20-34)37-30(41)36-22-10-12-24(13-11-22)44-25-14-15-35-29-28(25)43-17-16-39(29)31(42)45-33(4,5)6/h7-15,18-19H,16-17H2,1-6H3,(H2,36,37,41). The Morgan fingerprint density at radius 3 is 2.44 bits per heavy atom. The molecule has 0 fully saturated rings. The summed E-state index contributed by atoms with van der Waals surface area (Å²) in [5.41, 5.74) is 1.51. The van der Waals surface area contributed by atoms with Crippen molar-refractivity contribution in [2.75, 3.05) is 28.7 Å². The predicted octanol–water partition coefficient (Wildman–Crippen LogP) is 7.01. The summed E-state index contributed by atoms with van der Waals surface area (Å²) in [6, 6.07) is 18.9. The van der Waals surface area contributed by atoms with Crippen molar-refractivity contribution in [1.82, 2.24) is 14.8 Å². The zero-order chi connectivity index (χ0) is 32.4. The Hall–Kier alpha value is -5.57. The van der Waals surface area contributed by atoms with E-state index in [1.54, 1.807) is 74.0 Å². The molecule has 0 atom stereocenters. The van der Waals surface area contributed by atoms with Gasteiger partial charge in [0, 0.05) is 29.4 Å². The monoisotopic (exact) mass is 609 g/mol. The minimum absolute atomic E-state index is 0.256. The molecule has 0 unspecified atom stereocenters. The lowest BCUT2D eigenvalue weighted by Gasteiger charge is -2.31. The molecule has 0 aliphatic carbocycles. The van der Waals surface area contributed by atoms with E-state index < -0.39 is 17.7 Å². The van der Waals surface area contributed by atoms with E-state index in [4.69, 9.17) is 19.3 Å². The maximum absolute atomic E-state index is 13.0. The molecule has 3 heterocycles. The number of nitrogens with zero attached hydrogens (tertiary/aromatic N) is 5. The Bertz CT molecular complexity index is 1760. The fourth-order valence-corrected chi connectivity index (χ4v) is 4.42. The summed E-state index contributed by atoms with van der Waals surface area (Å²) in [4.78, 5) is 31.6. The average molecular weight is 610 g/mol. The van der Waals surface area contributed by atoms with E-state index in [0.717, 1.165) is 5.69 Å². The van der Waals surface area contributed by atoms with Crippen LogP contribution in [0.5, 0.6) is 17.2 Å². The molecule has 1 aliphatic rings. The molecule has 1 aliphatic heterocycles. The van der Waals surface area contributed by atoms with Gasteiger partial charge in [-0.3, -0.25) is 10.2 Å². The first kappa shape index (κ1) is 30.9. The van der Waals surface area contributed by atoms with Crippen molar-refractivity contribution >= 4 is 29.4 Å². The van der Waals surface area contributed by atoms with E-state index in [1.807, 2.05) is 32.9 Å². The van der Waals surface area contributed by atoms with Gasteiger partial charge in [-0.1, -0.05) is 26.8 Å². The number of nitriles is 1.